The van der Waals surface area contributed by atoms with Crippen LogP contribution < -0.4 is 15.5 Å². The van der Waals surface area contributed by atoms with Crippen LogP contribution in [0.4, 0.5) is 10.3 Å². The molecule has 2 aliphatic heterocycles. The Kier molecular flexibility index (Phi) is 7.30. The average molecular weight is 609 g/mol. The molecule has 2 amide bonds. The fourth-order valence-electron chi connectivity index (χ4n) is 6.45. The second-order valence-corrected chi connectivity index (χ2v) is 14.6. The molecule has 43 heavy (non-hydrogen) atoms. The SMILES string of the molecule is C=CCC1(S(=O)(=O)n2cc(C)c3c(C(=O)NCC4C(=O)NC(C)CC4C)cc(-c4cnc(N5CC(F)C5)nc4)cc32)CC1. The molecule has 0 spiro atoms. The van der Waals surface area contributed by atoms with Crippen LogP contribution in [0.2, 0.25) is 0 Å². The van der Waals surface area contributed by atoms with Gasteiger partial charge in [0.25, 0.3) is 5.91 Å². The summed E-state index contributed by atoms with van der Waals surface area (Å²) in [7, 11) is -3.82. The van der Waals surface area contributed by atoms with Crippen molar-refractivity contribution in [2.45, 2.75) is 63.4 Å². The van der Waals surface area contributed by atoms with Gasteiger partial charge in [-0.2, -0.15) is 0 Å². The van der Waals surface area contributed by atoms with Crippen LogP contribution in [-0.2, 0) is 14.8 Å². The van der Waals surface area contributed by atoms with Gasteiger partial charge in [-0.25, -0.2) is 26.7 Å². The maximum Gasteiger partial charge on any atom is 0.252 e. The third-order valence-electron chi connectivity index (χ3n) is 9.15. The molecule has 0 bridgehead atoms. The minimum Gasteiger partial charge on any atom is -0.353 e. The average Bonchev–Trinajstić information content (AvgIpc) is 3.66. The van der Waals surface area contributed by atoms with E-state index in [2.05, 4.69) is 27.2 Å². The first-order chi connectivity index (χ1) is 20.4. The van der Waals surface area contributed by atoms with Crippen LogP contribution in [0.25, 0.3) is 22.0 Å². The monoisotopic (exact) mass is 608 g/mol. The molecule has 3 atom stereocenters. The zero-order valence-corrected chi connectivity index (χ0v) is 25.5. The summed E-state index contributed by atoms with van der Waals surface area (Å²) < 4.78 is 41.7. The fourth-order valence-corrected chi connectivity index (χ4v) is 8.51. The van der Waals surface area contributed by atoms with Crippen LogP contribution in [-0.4, -0.2) is 70.8 Å². The lowest BCUT2D eigenvalue weighted by Gasteiger charge is -2.34. The third kappa shape index (κ3) is 5.09. The van der Waals surface area contributed by atoms with Gasteiger partial charge in [0, 0.05) is 47.7 Å². The Morgan fingerprint density at radius 1 is 1.21 bits per heavy atom. The van der Waals surface area contributed by atoms with Gasteiger partial charge in [-0.3, -0.25) is 9.59 Å². The van der Waals surface area contributed by atoms with Gasteiger partial charge in [-0.05, 0) is 68.7 Å². The van der Waals surface area contributed by atoms with Crippen molar-refractivity contribution in [3.8, 4) is 11.1 Å². The molecular formula is C31H37FN6O4S. The van der Waals surface area contributed by atoms with Crippen LogP contribution in [0.3, 0.4) is 0 Å². The summed E-state index contributed by atoms with van der Waals surface area (Å²) in [5, 5.41) is 6.44. The maximum atomic E-state index is 14.0. The minimum absolute atomic E-state index is 0.0825. The summed E-state index contributed by atoms with van der Waals surface area (Å²) in [4.78, 5) is 37.0. The number of aryl methyl sites for hydroxylation is 1. The zero-order valence-electron chi connectivity index (χ0n) is 24.6. The Morgan fingerprint density at radius 2 is 1.91 bits per heavy atom. The van der Waals surface area contributed by atoms with Gasteiger partial charge in [0.05, 0.1) is 29.3 Å². The van der Waals surface area contributed by atoms with E-state index in [0.717, 1.165) is 6.42 Å². The number of amides is 2. The van der Waals surface area contributed by atoms with Crippen molar-refractivity contribution in [2.24, 2.45) is 11.8 Å². The van der Waals surface area contributed by atoms with Gasteiger partial charge in [-0.15, -0.1) is 6.58 Å². The molecule has 3 fully saturated rings. The number of rotatable bonds is 9. The number of piperidine rings is 1. The summed E-state index contributed by atoms with van der Waals surface area (Å²) in [6.07, 6.45) is 7.76. The number of benzene rings is 1. The number of nitrogens with one attached hydrogen (secondary N) is 2. The van der Waals surface area contributed by atoms with Gasteiger partial charge < -0.3 is 15.5 Å². The predicted octanol–water partition coefficient (Wildman–Crippen LogP) is 3.74. The predicted molar refractivity (Wildman–Crippen MR) is 163 cm³/mol. The van der Waals surface area contributed by atoms with E-state index in [0.29, 0.717) is 58.4 Å². The van der Waals surface area contributed by atoms with E-state index in [4.69, 9.17) is 0 Å². The van der Waals surface area contributed by atoms with Crippen molar-refractivity contribution in [3.05, 3.63) is 54.5 Å². The van der Waals surface area contributed by atoms with Gasteiger partial charge in [-0.1, -0.05) is 13.0 Å². The lowest BCUT2D eigenvalue weighted by molar-refractivity contribution is -0.129. The third-order valence-corrected chi connectivity index (χ3v) is 11.6. The number of allylic oxidation sites excluding steroid dienone is 1. The van der Waals surface area contributed by atoms with Crippen LogP contribution in [0.15, 0.2) is 43.4 Å². The molecule has 3 unspecified atom stereocenters. The quantitative estimate of drug-likeness (QED) is 0.355. The largest absolute Gasteiger partial charge is 0.353 e. The molecule has 4 heterocycles. The highest BCUT2D eigenvalue weighted by molar-refractivity contribution is 7.91. The molecule has 2 saturated heterocycles. The zero-order chi connectivity index (χ0) is 30.7. The standard InChI is InChI=1S/C31H37FN6O4S/c1-5-6-31(7-8-31)43(41,42)38-15-19(3)27-24(28(39)33-14-25-18(2)9-20(4)36-29(25)40)10-21(11-26(27)38)22-12-34-30(35-13-22)37-16-23(32)17-37/h5,10-13,15,18,20,23,25H,1,6-9,14,16-17H2,2-4H3,(H,33,39)(H,36,40). The number of alkyl halides is 1. The minimum atomic E-state index is -3.82. The van der Waals surface area contributed by atoms with Crippen LogP contribution in [0, 0.1) is 18.8 Å². The Labute approximate surface area is 250 Å². The summed E-state index contributed by atoms with van der Waals surface area (Å²) in [5.41, 5.74) is 2.49. The molecule has 0 radical (unpaired) electrons. The Morgan fingerprint density at radius 3 is 2.51 bits per heavy atom. The molecule has 1 saturated carbocycles. The number of aromatic nitrogens is 3. The number of fused-ring (bicyclic) bond motifs is 1. The molecule has 3 aromatic rings. The number of halogens is 1. The van der Waals surface area contributed by atoms with Crippen molar-refractivity contribution in [1.29, 1.82) is 0 Å². The van der Waals surface area contributed by atoms with Crippen molar-refractivity contribution in [1.82, 2.24) is 24.6 Å². The van der Waals surface area contributed by atoms with E-state index in [1.807, 2.05) is 13.8 Å². The van der Waals surface area contributed by atoms with E-state index >= 15 is 0 Å². The molecule has 6 rings (SSSR count). The molecule has 2 N–H and O–H groups in total. The molecule has 3 aliphatic rings. The number of anilines is 1. The van der Waals surface area contributed by atoms with Gasteiger partial charge >= 0.3 is 0 Å². The molecule has 2 aromatic heterocycles. The van der Waals surface area contributed by atoms with E-state index in [1.54, 1.807) is 48.6 Å². The Hall–Kier alpha value is -3.80. The molecule has 10 nitrogen and oxygen atoms in total. The number of hydrogen-bond acceptors (Lipinski definition) is 7. The number of carbonyl (C=O) groups is 2. The lowest BCUT2D eigenvalue weighted by atomic mass is 9.84. The van der Waals surface area contributed by atoms with E-state index in [9.17, 15) is 22.4 Å². The van der Waals surface area contributed by atoms with Gasteiger partial charge in [0.2, 0.25) is 21.9 Å². The molecule has 1 aliphatic carbocycles. The smallest absolute Gasteiger partial charge is 0.252 e. The van der Waals surface area contributed by atoms with Crippen molar-refractivity contribution in [2.75, 3.05) is 24.5 Å². The second kappa shape index (κ2) is 10.7. The highest BCUT2D eigenvalue weighted by Gasteiger charge is 2.54. The number of hydrogen-bond donors (Lipinski definition) is 2. The van der Waals surface area contributed by atoms with E-state index < -0.39 is 26.8 Å². The van der Waals surface area contributed by atoms with E-state index in [-0.39, 0.29) is 43.4 Å². The Bertz CT molecular complexity index is 1710. The van der Waals surface area contributed by atoms with Crippen molar-refractivity contribution < 1.29 is 22.4 Å². The van der Waals surface area contributed by atoms with Gasteiger partial charge in [0.15, 0.2) is 0 Å². The normalized spacial score (nSPS) is 23.5. The van der Waals surface area contributed by atoms with Crippen LogP contribution >= 0.6 is 0 Å². The van der Waals surface area contributed by atoms with Gasteiger partial charge in [0.1, 0.15) is 6.17 Å². The summed E-state index contributed by atoms with van der Waals surface area (Å²) in [5.74, 6) is -0.354. The first-order valence-electron chi connectivity index (χ1n) is 14.8. The topological polar surface area (TPSA) is 126 Å². The second-order valence-electron chi connectivity index (χ2n) is 12.4. The molecule has 12 heteroatoms. The van der Waals surface area contributed by atoms with Crippen LogP contribution in [0.5, 0.6) is 0 Å². The number of carbonyl (C=O) groups excluding carboxylic acids is 2. The first kappa shape index (κ1) is 29.3. The summed E-state index contributed by atoms with van der Waals surface area (Å²) in [6, 6.07) is 3.54. The maximum absolute atomic E-state index is 14.0. The molecule has 228 valence electrons. The molecule has 1 aromatic carbocycles. The van der Waals surface area contributed by atoms with Crippen molar-refractivity contribution in [3.63, 3.8) is 0 Å². The molecular weight excluding hydrogens is 571 g/mol. The highest BCUT2D eigenvalue weighted by atomic mass is 32.2. The summed E-state index contributed by atoms with van der Waals surface area (Å²) in [6.45, 7) is 10.2. The Balaban J connectivity index is 1.41. The lowest BCUT2D eigenvalue weighted by Crippen LogP contribution is -2.50. The summed E-state index contributed by atoms with van der Waals surface area (Å²) >= 11 is 0. The highest BCUT2D eigenvalue weighted by Crippen LogP contribution is 2.49. The number of nitrogens with zero attached hydrogens (tertiary/aromatic N) is 4. The fraction of sp³-hybridized carbons (Fsp3) is 0.484. The first-order valence-corrected chi connectivity index (χ1v) is 16.2. The van der Waals surface area contributed by atoms with Crippen LogP contribution in [0.1, 0.15) is 55.5 Å². The van der Waals surface area contributed by atoms with Crippen molar-refractivity contribution >= 4 is 38.7 Å². The van der Waals surface area contributed by atoms with E-state index in [1.165, 1.54) is 3.97 Å².